The van der Waals surface area contributed by atoms with Crippen molar-refractivity contribution in [3.63, 3.8) is 0 Å². The Balaban J connectivity index is 1.70. The predicted molar refractivity (Wildman–Crippen MR) is 83.3 cm³/mol. The second kappa shape index (κ2) is 5.92. The van der Waals surface area contributed by atoms with Crippen LogP contribution in [0.2, 0.25) is 0 Å². The van der Waals surface area contributed by atoms with Gasteiger partial charge in [-0.2, -0.15) is 5.10 Å². The molecule has 1 heterocycles. The molecule has 0 radical (unpaired) electrons. The molecule has 7 heteroatoms. The maximum atomic E-state index is 12.2. The Labute approximate surface area is 135 Å². The van der Waals surface area contributed by atoms with Crippen LogP contribution in [0.15, 0.2) is 34.8 Å². The number of nitrogens with zero attached hydrogens (tertiary/aromatic N) is 1. The SMILES string of the molecule is O=C(NC1CC(C(=O)O)C1)c1[nH]nc(-c2ccccc2)c1Br. The van der Waals surface area contributed by atoms with E-state index in [1.54, 1.807) is 0 Å². The molecule has 22 heavy (non-hydrogen) atoms. The molecule has 2 aromatic rings. The Morgan fingerprint density at radius 2 is 1.95 bits per heavy atom. The van der Waals surface area contributed by atoms with Gasteiger partial charge < -0.3 is 10.4 Å². The summed E-state index contributed by atoms with van der Waals surface area (Å²) in [5.41, 5.74) is 1.92. The van der Waals surface area contributed by atoms with Crippen LogP contribution in [0.4, 0.5) is 0 Å². The molecule has 3 rings (SSSR count). The van der Waals surface area contributed by atoms with E-state index in [9.17, 15) is 9.59 Å². The zero-order valence-electron chi connectivity index (χ0n) is 11.5. The molecule has 1 aromatic carbocycles. The molecule has 0 saturated heterocycles. The van der Waals surface area contributed by atoms with E-state index < -0.39 is 5.97 Å². The number of aromatic amines is 1. The van der Waals surface area contributed by atoms with Gasteiger partial charge in [-0.15, -0.1) is 0 Å². The molecule has 6 nitrogen and oxygen atoms in total. The summed E-state index contributed by atoms with van der Waals surface area (Å²) in [6.45, 7) is 0. The van der Waals surface area contributed by atoms with E-state index in [1.807, 2.05) is 30.3 Å². The van der Waals surface area contributed by atoms with E-state index >= 15 is 0 Å². The van der Waals surface area contributed by atoms with Crippen molar-refractivity contribution in [2.75, 3.05) is 0 Å². The first kappa shape index (κ1) is 14.8. The number of carbonyl (C=O) groups is 2. The number of carboxylic acid groups (broad SMARTS) is 1. The van der Waals surface area contributed by atoms with Crippen LogP contribution < -0.4 is 5.32 Å². The quantitative estimate of drug-likeness (QED) is 0.777. The van der Waals surface area contributed by atoms with Gasteiger partial charge in [0.15, 0.2) is 0 Å². The van der Waals surface area contributed by atoms with Crippen LogP contribution >= 0.6 is 15.9 Å². The first-order chi connectivity index (χ1) is 10.6. The summed E-state index contributed by atoms with van der Waals surface area (Å²) < 4.78 is 0.602. The first-order valence-corrected chi connectivity index (χ1v) is 7.68. The summed E-state index contributed by atoms with van der Waals surface area (Å²) in [6, 6.07) is 9.43. The predicted octanol–water partition coefficient (Wildman–Crippen LogP) is 2.43. The van der Waals surface area contributed by atoms with Crippen LogP contribution in [0, 0.1) is 5.92 Å². The first-order valence-electron chi connectivity index (χ1n) is 6.89. The number of nitrogens with one attached hydrogen (secondary N) is 2. The topological polar surface area (TPSA) is 95.1 Å². The van der Waals surface area contributed by atoms with Gasteiger partial charge in [-0.1, -0.05) is 30.3 Å². The minimum Gasteiger partial charge on any atom is -0.481 e. The number of carboxylic acids is 1. The summed E-state index contributed by atoms with van der Waals surface area (Å²) in [5, 5.41) is 18.6. The zero-order valence-corrected chi connectivity index (χ0v) is 13.1. The number of carbonyl (C=O) groups excluding carboxylic acids is 1. The molecule has 1 fully saturated rings. The van der Waals surface area contributed by atoms with Crippen LogP contribution in [-0.4, -0.2) is 33.2 Å². The summed E-state index contributed by atoms with van der Waals surface area (Å²) in [5.74, 6) is -1.44. The monoisotopic (exact) mass is 363 g/mol. The van der Waals surface area contributed by atoms with E-state index in [0.29, 0.717) is 28.7 Å². The number of hydrogen-bond donors (Lipinski definition) is 3. The number of benzene rings is 1. The van der Waals surface area contributed by atoms with Crippen molar-refractivity contribution in [1.82, 2.24) is 15.5 Å². The highest BCUT2D eigenvalue weighted by Gasteiger charge is 2.36. The average Bonchev–Trinajstić information content (AvgIpc) is 2.84. The third-order valence-electron chi connectivity index (χ3n) is 3.80. The van der Waals surface area contributed by atoms with Crippen LogP contribution in [0.25, 0.3) is 11.3 Å². The molecular formula is C15H14BrN3O3. The normalized spacial score (nSPS) is 20.2. The Morgan fingerprint density at radius 1 is 1.27 bits per heavy atom. The Kier molecular flexibility index (Phi) is 3.98. The lowest BCUT2D eigenvalue weighted by Crippen LogP contribution is -2.46. The third kappa shape index (κ3) is 2.76. The van der Waals surface area contributed by atoms with Crippen LogP contribution in [-0.2, 0) is 4.79 Å². The largest absolute Gasteiger partial charge is 0.481 e. The summed E-state index contributed by atoms with van der Waals surface area (Å²) in [4.78, 5) is 23.0. The molecular weight excluding hydrogens is 350 g/mol. The summed E-state index contributed by atoms with van der Waals surface area (Å²) >= 11 is 3.40. The van der Waals surface area contributed by atoms with Gasteiger partial charge in [-0.05, 0) is 28.8 Å². The highest BCUT2D eigenvalue weighted by Crippen LogP contribution is 2.30. The summed E-state index contributed by atoms with van der Waals surface area (Å²) in [7, 11) is 0. The van der Waals surface area contributed by atoms with Crippen molar-refractivity contribution in [3.8, 4) is 11.3 Å². The third-order valence-corrected chi connectivity index (χ3v) is 4.58. The molecule has 0 bridgehead atoms. The van der Waals surface area contributed by atoms with Crippen molar-refractivity contribution in [1.29, 1.82) is 0 Å². The molecule has 0 aliphatic heterocycles. The second-order valence-corrected chi connectivity index (χ2v) is 6.10. The molecule has 114 valence electrons. The number of rotatable bonds is 4. The van der Waals surface area contributed by atoms with E-state index in [4.69, 9.17) is 5.11 Å². The minimum atomic E-state index is -0.806. The zero-order chi connectivity index (χ0) is 15.7. The number of hydrogen-bond acceptors (Lipinski definition) is 3. The average molecular weight is 364 g/mol. The van der Waals surface area contributed by atoms with Gasteiger partial charge in [0.2, 0.25) is 0 Å². The lowest BCUT2D eigenvalue weighted by molar-refractivity contribution is -0.145. The fourth-order valence-electron chi connectivity index (χ4n) is 2.46. The number of halogens is 1. The van der Waals surface area contributed by atoms with Gasteiger partial charge in [0.05, 0.1) is 10.4 Å². The number of aromatic nitrogens is 2. The van der Waals surface area contributed by atoms with Crippen molar-refractivity contribution in [2.24, 2.45) is 5.92 Å². The van der Waals surface area contributed by atoms with Gasteiger partial charge in [0, 0.05) is 11.6 Å². The Hall–Kier alpha value is -2.15. The molecule has 0 atom stereocenters. The van der Waals surface area contributed by atoms with Gasteiger partial charge in [-0.3, -0.25) is 14.7 Å². The number of amides is 1. The molecule has 3 N–H and O–H groups in total. The van der Waals surface area contributed by atoms with E-state index in [2.05, 4.69) is 31.4 Å². The molecule has 1 aliphatic carbocycles. The van der Waals surface area contributed by atoms with Gasteiger partial charge in [0.1, 0.15) is 11.4 Å². The highest BCUT2D eigenvalue weighted by atomic mass is 79.9. The lowest BCUT2D eigenvalue weighted by Gasteiger charge is -2.32. The fourth-order valence-corrected chi connectivity index (χ4v) is 3.05. The minimum absolute atomic E-state index is 0.0935. The molecule has 1 amide bonds. The van der Waals surface area contributed by atoms with E-state index in [1.165, 1.54) is 0 Å². The Bertz CT molecular complexity index is 708. The van der Waals surface area contributed by atoms with Gasteiger partial charge in [0.25, 0.3) is 5.91 Å². The van der Waals surface area contributed by atoms with E-state index in [-0.39, 0.29) is 17.9 Å². The van der Waals surface area contributed by atoms with Crippen molar-refractivity contribution >= 4 is 27.8 Å². The van der Waals surface area contributed by atoms with Gasteiger partial charge >= 0.3 is 5.97 Å². The molecule has 1 aliphatic rings. The lowest BCUT2D eigenvalue weighted by atomic mass is 9.80. The fraction of sp³-hybridized carbons (Fsp3) is 0.267. The van der Waals surface area contributed by atoms with Gasteiger partial charge in [-0.25, -0.2) is 0 Å². The maximum Gasteiger partial charge on any atom is 0.306 e. The molecule has 1 saturated carbocycles. The van der Waals surface area contributed by atoms with Crippen LogP contribution in [0.1, 0.15) is 23.3 Å². The number of aliphatic carboxylic acids is 1. The second-order valence-electron chi connectivity index (χ2n) is 5.30. The van der Waals surface area contributed by atoms with E-state index in [0.717, 1.165) is 5.56 Å². The van der Waals surface area contributed by atoms with Crippen LogP contribution in [0.5, 0.6) is 0 Å². The standard InChI is InChI=1S/C15H14BrN3O3/c16-11-12(8-4-2-1-3-5-8)18-19-13(11)14(20)17-10-6-9(7-10)15(21)22/h1-5,9-10H,6-7H2,(H,17,20)(H,18,19)(H,21,22). The van der Waals surface area contributed by atoms with Crippen molar-refractivity contribution in [2.45, 2.75) is 18.9 Å². The van der Waals surface area contributed by atoms with Crippen molar-refractivity contribution in [3.05, 3.63) is 40.5 Å². The molecule has 0 spiro atoms. The van der Waals surface area contributed by atoms with Crippen molar-refractivity contribution < 1.29 is 14.7 Å². The maximum absolute atomic E-state index is 12.2. The number of H-pyrrole nitrogens is 1. The summed E-state index contributed by atoms with van der Waals surface area (Å²) in [6.07, 6.45) is 0.941. The van der Waals surface area contributed by atoms with Crippen LogP contribution in [0.3, 0.4) is 0 Å². The molecule has 1 aromatic heterocycles. The smallest absolute Gasteiger partial charge is 0.306 e. The highest BCUT2D eigenvalue weighted by molar-refractivity contribution is 9.10. The Morgan fingerprint density at radius 3 is 2.59 bits per heavy atom. The molecule has 0 unspecified atom stereocenters.